The number of ether oxygens (including phenoxy) is 1. The molecule has 0 fully saturated rings. The van der Waals surface area contributed by atoms with Crippen molar-refractivity contribution < 1.29 is 4.74 Å². The predicted molar refractivity (Wildman–Crippen MR) is 64.2 cm³/mol. The van der Waals surface area contributed by atoms with E-state index in [1.165, 1.54) is 5.56 Å². The molecule has 0 radical (unpaired) electrons. The number of hydrogen-bond donors (Lipinski definition) is 1. The van der Waals surface area contributed by atoms with Crippen molar-refractivity contribution in [3.05, 3.63) is 42.5 Å². The minimum absolute atomic E-state index is 0.232. The molecule has 2 nitrogen and oxygen atoms in total. The van der Waals surface area contributed by atoms with Gasteiger partial charge in [0, 0.05) is 0 Å². The van der Waals surface area contributed by atoms with E-state index in [0.717, 1.165) is 18.7 Å². The summed E-state index contributed by atoms with van der Waals surface area (Å²) in [5.41, 5.74) is 1.22. The first-order chi connectivity index (χ1) is 7.31. The maximum absolute atomic E-state index is 5.12. The van der Waals surface area contributed by atoms with Gasteiger partial charge in [0.15, 0.2) is 0 Å². The quantitative estimate of drug-likeness (QED) is 0.721. The van der Waals surface area contributed by atoms with Crippen LogP contribution in [0.2, 0.25) is 0 Å². The monoisotopic (exact) mass is 205 g/mol. The second kappa shape index (κ2) is 6.25. The van der Waals surface area contributed by atoms with E-state index >= 15 is 0 Å². The first-order valence-electron chi connectivity index (χ1n) is 5.31. The van der Waals surface area contributed by atoms with E-state index in [9.17, 15) is 0 Å². The number of methoxy groups -OCH3 is 1. The molecule has 0 aromatic heterocycles. The van der Waals surface area contributed by atoms with Crippen LogP contribution in [0, 0.1) is 0 Å². The molecule has 0 amide bonds. The average molecular weight is 205 g/mol. The van der Waals surface area contributed by atoms with Crippen molar-refractivity contribution in [1.29, 1.82) is 0 Å². The molecule has 0 aliphatic carbocycles. The standard InChI is InChI=1S/C13H19NO/c1-4-10-14-13(5-2)11-6-8-12(15-3)9-7-11/h5-9,13-14H,2,4,10H2,1,3H3. The summed E-state index contributed by atoms with van der Waals surface area (Å²) >= 11 is 0. The molecule has 0 saturated carbocycles. The first-order valence-corrected chi connectivity index (χ1v) is 5.31. The molecule has 0 saturated heterocycles. The molecule has 1 N–H and O–H groups in total. The Labute approximate surface area is 92.0 Å². The molecule has 0 bridgehead atoms. The van der Waals surface area contributed by atoms with E-state index in [0.29, 0.717) is 0 Å². The average Bonchev–Trinajstić information content (AvgIpc) is 2.31. The maximum atomic E-state index is 5.12. The van der Waals surface area contributed by atoms with Crippen LogP contribution in [0.1, 0.15) is 24.9 Å². The Morgan fingerprint density at radius 2 is 2.07 bits per heavy atom. The third-order valence-corrected chi connectivity index (χ3v) is 2.32. The zero-order chi connectivity index (χ0) is 11.1. The van der Waals surface area contributed by atoms with Crippen LogP contribution in [0.15, 0.2) is 36.9 Å². The number of benzene rings is 1. The molecule has 0 spiro atoms. The van der Waals surface area contributed by atoms with E-state index < -0.39 is 0 Å². The first kappa shape index (κ1) is 11.8. The third-order valence-electron chi connectivity index (χ3n) is 2.32. The summed E-state index contributed by atoms with van der Waals surface area (Å²) in [7, 11) is 1.68. The molecule has 15 heavy (non-hydrogen) atoms. The molecule has 1 unspecified atom stereocenters. The fourth-order valence-corrected chi connectivity index (χ4v) is 1.45. The Kier molecular flexibility index (Phi) is 4.91. The van der Waals surface area contributed by atoms with Gasteiger partial charge in [-0.15, -0.1) is 6.58 Å². The highest BCUT2D eigenvalue weighted by Crippen LogP contribution is 2.18. The van der Waals surface area contributed by atoms with Gasteiger partial charge in [-0.25, -0.2) is 0 Å². The van der Waals surface area contributed by atoms with Gasteiger partial charge in [-0.05, 0) is 30.7 Å². The van der Waals surface area contributed by atoms with Crippen LogP contribution in [-0.2, 0) is 0 Å². The molecule has 2 heteroatoms. The fraction of sp³-hybridized carbons (Fsp3) is 0.385. The zero-order valence-corrected chi connectivity index (χ0v) is 9.49. The molecular weight excluding hydrogens is 186 g/mol. The number of rotatable bonds is 6. The zero-order valence-electron chi connectivity index (χ0n) is 9.49. The molecular formula is C13H19NO. The molecule has 0 aliphatic heterocycles. The van der Waals surface area contributed by atoms with Crippen molar-refractivity contribution >= 4 is 0 Å². The Hall–Kier alpha value is -1.28. The van der Waals surface area contributed by atoms with Crippen LogP contribution in [0.3, 0.4) is 0 Å². The van der Waals surface area contributed by atoms with Crippen molar-refractivity contribution in [1.82, 2.24) is 5.32 Å². The lowest BCUT2D eigenvalue weighted by molar-refractivity contribution is 0.414. The van der Waals surface area contributed by atoms with Gasteiger partial charge in [-0.1, -0.05) is 25.1 Å². The van der Waals surface area contributed by atoms with E-state index in [2.05, 4.69) is 31.0 Å². The minimum Gasteiger partial charge on any atom is -0.497 e. The lowest BCUT2D eigenvalue weighted by Crippen LogP contribution is -2.19. The van der Waals surface area contributed by atoms with Crippen LogP contribution < -0.4 is 10.1 Å². The van der Waals surface area contributed by atoms with E-state index in [1.54, 1.807) is 7.11 Å². The topological polar surface area (TPSA) is 21.3 Å². The second-order valence-corrected chi connectivity index (χ2v) is 3.44. The summed E-state index contributed by atoms with van der Waals surface area (Å²) in [5.74, 6) is 0.886. The van der Waals surface area contributed by atoms with Gasteiger partial charge in [0.2, 0.25) is 0 Å². The molecule has 82 valence electrons. The highest BCUT2D eigenvalue weighted by molar-refractivity contribution is 5.30. The van der Waals surface area contributed by atoms with E-state index in [-0.39, 0.29) is 6.04 Å². The van der Waals surface area contributed by atoms with Crippen molar-refractivity contribution in [2.75, 3.05) is 13.7 Å². The van der Waals surface area contributed by atoms with Gasteiger partial charge in [0.1, 0.15) is 5.75 Å². The van der Waals surface area contributed by atoms with Gasteiger partial charge < -0.3 is 10.1 Å². The summed E-state index contributed by atoms with van der Waals surface area (Å²) in [4.78, 5) is 0. The third kappa shape index (κ3) is 3.40. The smallest absolute Gasteiger partial charge is 0.118 e. The summed E-state index contributed by atoms with van der Waals surface area (Å²) in [6.07, 6.45) is 3.05. The second-order valence-electron chi connectivity index (χ2n) is 3.44. The maximum Gasteiger partial charge on any atom is 0.118 e. The summed E-state index contributed by atoms with van der Waals surface area (Å²) in [6, 6.07) is 8.30. The molecule has 1 aromatic carbocycles. The molecule has 1 atom stereocenters. The summed E-state index contributed by atoms with van der Waals surface area (Å²) in [5, 5.41) is 3.41. The molecule has 1 aromatic rings. The summed E-state index contributed by atoms with van der Waals surface area (Å²) in [6.45, 7) is 7.00. The van der Waals surface area contributed by atoms with E-state index in [4.69, 9.17) is 4.74 Å². The van der Waals surface area contributed by atoms with Crippen molar-refractivity contribution in [2.45, 2.75) is 19.4 Å². The van der Waals surface area contributed by atoms with Crippen LogP contribution in [0.4, 0.5) is 0 Å². The van der Waals surface area contributed by atoms with Crippen molar-refractivity contribution in [3.63, 3.8) is 0 Å². The van der Waals surface area contributed by atoms with E-state index in [1.807, 2.05) is 18.2 Å². The highest BCUT2D eigenvalue weighted by atomic mass is 16.5. The Bertz CT molecular complexity index is 292. The van der Waals surface area contributed by atoms with Crippen LogP contribution in [0.5, 0.6) is 5.75 Å². The summed E-state index contributed by atoms with van der Waals surface area (Å²) < 4.78 is 5.12. The van der Waals surface area contributed by atoms with Gasteiger partial charge in [-0.2, -0.15) is 0 Å². The minimum atomic E-state index is 0.232. The Balaban J connectivity index is 2.69. The van der Waals surface area contributed by atoms with Crippen LogP contribution >= 0.6 is 0 Å². The largest absolute Gasteiger partial charge is 0.497 e. The molecule has 0 aliphatic rings. The Morgan fingerprint density at radius 1 is 1.40 bits per heavy atom. The van der Waals surface area contributed by atoms with Gasteiger partial charge in [-0.3, -0.25) is 0 Å². The lowest BCUT2D eigenvalue weighted by atomic mass is 10.1. The lowest BCUT2D eigenvalue weighted by Gasteiger charge is -2.14. The molecule has 1 rings (SSSR count). The van der Waals surface area contributed by atoms with Crippen LogP contribution in [0.25, 0.3) is 0 Å². The van der Waals surface area contributed by atoms with Crippen molar-refractivity contribution in [3.8, 4) is 5.75 Å². The Morgan fingerprint density at radius 3 is 2.53 bits per heavy atom. The highest BCUT2D eigenvalue weighted by Gasteiger charge is 2.05. The normalized spacial score (nSPS) is 12.1. The van der Waals surface area contributed by atoms with Gasteiger partial charge in [0.05, 0.1) is 13.2 Å². The van der Waals surface area contributed by atoms with Crippen LogP contribution in [-0.4, -0.2) is 13.7 Å². The fourth-order valence-electron chi connectivity index (χ4n) is 1.45. The van der Waals surface area contributed by atoms with Gasteiger partial charge >= 0.3 is 0 Å². The number of hydrogen-bond acceptors (Lipinski definition) is 2. The molecule has 0 heterocycles. The SMILES string of the molecule is C=CC(NCCC)c1ccc(OC)cc1. The number of nitrogens with one attached hydrogen (secondary N) is 1. The van der Waals surface area contributed by atoms with Gasteiger partial charge in [0.25, 0.3) is 0 Å². The van der Waals surface area contributed by atoms with Crippen molar-refractivity contribution in [2.24, 2.45) is 0 Å². The predicted octanol–water partition coefficient (Wildman–Crippen LogP) is 2.92.